The topological polar surface area (TPSA) is 29.5 Å². The zero-order valence-corrected chi connectivity index (χ0v) is 13.4. The van der Waals surface area contributed by atoms with Gasteiger partial charge >= 0.3 is 0 Å². The quantitative estimate of drug-likeness (QED) is 0.888. The van der Waals surface area contributed by atoms with Crippen LogP contribution in [0.25, 0.3) is 0 Å². The largest absolute Gasteiger partial charge is 0.491 e. The summed E-state index contributed by atoms with van der Waals surface area (Å²) in [5.41, 5.74) is 2.33. The van der Waals surface area contributed by atoms with Crippen molar-refractivity contribution in [2.75, 3.05) is 0 Å². The molecule has 1 heterocycles. The molecule has 2 aromatic rings. The van der Waals surface area contributed by atoms with Gasteiger partial charge in [-0.3, -0.25) is 0 Å². The second-order valence-corrected chi connectivity index (χ2v) is 6.98. The molecule has 21 heavy (non-hydrogen) atoms. The molecule has 112 valence electrons. The molecule has 0 radical (unpaired) electrons. The van der Waals surface area contributed by atoms with Crippen molar-refractivity contribution in [2.24, 2.45) is 0 Å². The fraction of sp³-hybridized carbons (Fsp3) is 0.444. The number of hydrogen-bond acceptors (Lipinski definition) is 3. The lowest BCUT2D eigenvalue weighted by molar-refractivity contribution is 0.136. The summed E-state index contributed by atoms with van der Waals surface area (Å²) in [6.07, 6.45) is 3.15. The molecule has 0 amide bonds. The van der Waals surface area contributed by atoms with E-state index in [9.17, 15) is 5.11 Å². The third kappa shape index (κ3) is 3.14. The molecule has 1 aliphatic rings. The molecule has 0 aliphatic heterocycles. The van der Waals surface area contributed by atoms with Crippen molar-refractivity contribution in [3.63, 3.8) is 0 Å². The maximum Gasteiger partial charge on any atom is 0.119 e. The summed E-state index contributed by atoms with van der Waals surface area (Å²) in [6.45, 7) is 4.03. The Morgan fingerprint density at radius 3 is 2.67 bits per heavy atom. The van der Waals surface area contributed by atoms with Crippen LogP contribution in [0, 0.1) is 0 Å². The van der Waals surface area contributed by atoms with E-state index in [0.29, 0.717) is 0 Å². The van der Waals surface area contributed by atoms with Gasteiger partial charge in [-0.15, -0.1) is 11.3 Å². The molecule has 2 nitrogen and oxygen atoms in total. The number of aliphatic hydroxyl groups is 1. The Labute approximate surface area is 130 Å². The van der Waals surface area contributed by atoms with Crippen LogP contribution >= 0.6 is 11.3 Å². The summed E-state index contributed by atoms with van der Waals surface area (Å²) in [7, 11) is 0. The third-order valence-electron chi connectivity index (χ3n) is 4.07. The maximum absolute atomic E-state index is 10.7. The molecule has 2 unspecified atom stereocenters. The van der Waals surface area contributed by atoms with Crippen LogP contribution in [-0.4, -0.2) is 11.2 Å². The average Bonchev–Trinajstić information content (AvgIpc) is 2.95. The second-order valence-electron chi connectivity index (χ2n) is 5.98. The SMILES string of the molecule is CC(C)Oc1ccc(C(O)C2CCCc3sccc32)cc1. The molecule has 0 bridgehead atoms. The maximum atomic E-state index is 10.7. The lowest BCUT2D eigenvalue weighted by atomic mass is 9.81. The van der Waals surface area contributed by atoms with E-state index < -0.39 is 6.10 Å². The van der Waals surface area contributed by atoms with Crippen molar-refractivity contribution in [3.05, 3.63) is 51.7 Å². The Morgan fingerprint density at radius 2 is 1.95 bits per heavy atom. The Bertz CT molecular complexity index is 586. The molecule has 0 saturated carbocycles. The highest BCUT2D eigenvalue weighted by Gasteiger charge is 2.28. The number of benzene rings is 1. The van der Waals surface area contributed by atoms with Gasteiger partial charge in [0.25, 0.3) is 0 Å². The molecule has 2 atom stereocenters. The lowest BCUT2D eigenvalue weighted by Crippen LogP contribution is -2.15. The van der Waals surface area contributed by atoms with Crippen molar-refractivity contribution in [1.29, 1.82) is 0 Å². The van der Waals surface area contributed by atoms with E-state index in [1.165, 1.54) is 16.9 Å². The molecule has 1 aromatic carbocycles. The second kappa shape index (κ2) is 6.20. The number of aliphatic hydroxyl groups excluding tert-OH is 1. The van der Waals surface area contributed by atoms with Crippen LogP contribution in [0.15, 0.2) is 35.7 Å². The van der Waals surface area contributed by atoms with Crippen LogP contribution in [0.3, 0.4) is 0 Å². The van der Waals surface area contributed by atoms with Crippen molar-refractivity contribution in [2.45, 2.75) is 51.2 Å². The normalized spacial score (nSPS) is 19.3. The van der Waals surface area contributed by atoms with Crippen molar-refractivity contribution < 1.29 is 9.84 Å². The minimum absolute atomic E-state index is 0.174. The van der Waals surface area contributed by atoms with Crippen LogP contribution in [0.2, 0.25) is 0 Å². The van der Waals surface area contributed by atoms with Gasteiger partial charge in [-0.25, -0.2) is 0 Å². The Morgan fingerprint density at radius 1 is 1.19 bits per heavy atom. The van der Waals surface area contributed by atoms with Gasteiger partial charge in [0.05, 0.1) is 12.2 Å². The Hall–Kier alpha value is -1.32. The molecule has 1 aliphatic carbocycles. The van der Waals surface area contributed by atoms with Gasteiger partial charge in [-0.05, 0) is 67.8 Å². The van der Waals surface area contributed by atoms with E-state index >= 15 is 0 Å². The Kier molecular flexibility index (Phi) is 4.32. The van der Waals surface area contributed by atoms with Gasteiger partial charge in [0.15, 0.2) is 0 Å². The van der Waals surface area contributed by atoms with E-state index in [4.69, 9.17) is 4.74 Å². The van der Waals surface area contributed by atoms with Crippen LogP contribution in [-0.2, 0) is 6.42 Å². The van der Waals surface area contributed by atoms with Gasteiger partial charge in [0.2, 0.25) is 0 Å². The number of hydrogen-bond donors (Lipinski definition) is 1. The third-order valence-corrected chi connectivity index (χ3v) is 5.07. The van der Waals surface area contributed by atoms with Crippen molar-refractivity contribution >= 4 is 11.3 Å². The monoisotopic (exact) mass is 302 g/mol. The summed E-state index contributed by atoms with van der Waals surface area (Å²) in [4.78, 5) is 1.45. The number of ether oxygens (including phenoxy) is 1. The summed E-state index contributed by atoms with van der Waals surface area (Å²) in [6, 6.07) is 10.1. The van der Waals surface area contributed by atoms with E-state index in [-0.39, 0.29) is 12.0 Å². The van der Waals surface area contributed by atoms with E-state index in [0.717, 1.165) is 24.2 Å². The van der Waals surface area contributed by atoms with Crippen LogP contribution in [0.4, 0.5) is 0 Å². The summed E-state index contributed by atoms with van der Waals surface area (Å²) in [5.74, 6) is 1.10. The summed E-state index contributed by atoms with van der Waals surface area (Å²) in [5, 5.41) is 12.9. The molecule has 1 aromatic heterocycles. The highest BCUT2D eigenvalue weighted by Crippen LogP contribution is 2.42. The number of fused-ring (bicyclic) bond motifs is 1. The molecule has 3 rings (SSSR count). The number of aryl methyl sites for hydroxylation is 1. The highest BCUT2D eigenvalue weighted by molar-refractivity contribution is 7.10. The highest BCUT2D eigenvalue weighted by atomic mass is 32.1. The van der Waals surface area contributed by atoms with Gasteiger partial charge in [0.1, 0.15) is 5.75 Å². The Balaban J connectivity index is 1.78. The first-order valence-electron chi connectivity index (χ1n) is 7.66. The van der Waals surface area contributed by atoms with Gasteiger partial charge in [-0.2, -0.15) is 0 Å². The average molecular weight is 302 g/mol. The van der Waals surface area contributed by atoms with E-state index in [2.05, 4.69) is 11.4 Å². The summed E-state index contributed by atoms with van der Waals surface area (Å²) >= 11 is 1.82. The van der Waals surface area contributed by atoms with Crippen LogP contribution in [0.5, 0.6) is 5.75 Å². The minimum atomic E-state index is -0.424. The van der Waals surface area contributed by atoms with Crippen molar-refractivity contribution in [1.82, 2.24) is 0 Å². The lowest BCUT2D eigenvalue weighted by Gasteiger charge is -2.27. The summed E-state index contributed by atoms with van der Waals surface area (Å²) < 4.78 is 5.66. The zero-order chi connectivity index (χ0) is 14.8. The zero-order valence-electron chi connectivity index (χ0n) is 12.6. The van der Waals surface area contributed by atoms with E-state index in [1.54, 1.807) is 0 Å². The molecule has 0 fully saturated rings. The molecule has 0 spiro atoms. The molecular weight excluding hydrogens is 280 g/mol. The van der Waals surface area contributed by atoms with Crippen LogP contribution < -0.4 is 4.74 Å². The first kappa shape index (κ1) is 14.6. The standard InChI is InChI=1S/C18H22O2S/c1-12(2)20-14-8-6-13(7-9-14)18(19)16-4-3-5-17-15(16)10-11-21-17/h6-12,16,18-19H,3-5H2,1-2H3. The van der Waals surface area contributed by atoms with Gasteiger partial charge < -0.3 is 9.84 Å². The first-order chi connectivity index (χ1) is 10.1. The van der Waals surface area contributed by atoms with Gasteiger partial charge in [-0.1, -0.05) is 12.1 Å². The number of rotatable bonds is 4. The fourth-order valence-corrected chi connectivity index (χ4v) is 4.09. The first-order valence-corrected chi connectivity index (χ1v) is 8.54. The number of thiophene rings is 1. The molecule has 3 heteroatoms. The van der Waals surface area contributed by atoms with Crippen LogP contribution in [0.1, 0.15) is 54.7 Å². The fourth-order valence-electron chi connectivity index (χ4n) is 3.10. The smallest absolute Gasteiger partial charge is 0.119 e. The van der Waals surface area contributed by atoms with Crippen molar-refractivity contribution in [3.8, 4) is 5.75 Å². The predicted molar refractivity (Wildman–Crippen MR) is 87.2 cm³/mol. The minimum Gasteiger partial charge on any atom is -0.491 e. The van der Waals surface area contributed by atoms with Gasteiger partial charge in [0, 0.05) is 10.8 Å². The molecular formula is C18H22O2S. The molecule has 1 N–H and O–H groups in total. The van der Waals surface area contributed by atoms with E-state index in [1.807, 2.05) is 49.4 Å². The molecule has 0 saturated heterocycles. The predicted octanol–water partition coefficient (Wildman–Crippen LogP) is 4.69.